The van der Waals surface area contributed by atoms with Gasteiger partial charge in [0.2, 0.25) is 6.23 Å². The predicted octanol–water partition coefficient (Wildman–Crippen LogP) is 6.80. The third kappa shape index (κ3) is 7.70. The normalized spacial score (nSPS) is 11.1. The summed E-state index contributed by atoms with van der Waals surface area (Å²) in [5.74, 6) is 3.97. The molecule has 0 heterocycles. The molecule has 36 heavy (non-hydrogen) atoms. The fourth-order valence-electron chi connectivity index (χ4n) is 3.18. The first kappa shape index (κ1) is 24.5. The molecule has 0 spiro atoms. The van der Waals surface area contributed by atoms with Crippen molar-refractivity contribution in [1.82, 2.24) is 5.32 Å². The smallest absolute Gasteiger partial charge is 0.410 e. The Kier molecular flexibility index (Phi) is 8.64. The molecule has 1 N–H and O–H groups in total. The van der Waals surface area contributed by atoms with Gasteiger partial charge in [0, 0.05) is 0 Å². The third-order valence-corrected chi connectivity index (χ3v) is 4.84. The average molecular weight is 486 g/mol. The summed E-state index contributed by atoms with van der Waals surface area (Å²) < 4.78 is 28.4. The molecule has 0 bridgehead atoms. The number of rotatable bonds is 11. The van der Waals surface area contributed by atoms with E-state index in [4.69, 9.17) is 23.7 Å². The zero-order valence-electron chi connectivity index (χ0n) is 19.8. The molecule has 0 aliphatic carbocycles. The fraction of sp³-hybridized carbons (Fsp3) is 0.138. The summed E-state index contributed by atoms with van der Waals surface area (Å²) in [7, 11) is 0. The second kappa shape index (κ2) is 12.7. The summed E-state index contributed by atoms with van der Waals surface area (Å²) in [6, 6.07) is 33.3. The number of carbonyl (C=O) groups excluding carboxylic acids is 1. The largest absolute Gasteiger partial charge is 0.488 e. The Morgan fingerprint density at radius 3 is 1.58 bits per heavy atom. The van der Waals surface area contributed by atoms with E-state index >= 15 is 0 Å². The number of amides is 1. The van der Waals surface area contributed by atoms with Gasteiger partial charge in [-0.15, -0.1) is 0 Å². The number of nitrogens with one attached hydrogen (secondary N) is 1. The van der Waals surface area contributed by atoms with Crippen LogP contribution < -0.4 is 24.3 Å². The lowest BCUT2D eigenvalue weighted by Crippen LogP contribution is -2.43. The quantitative estimate of drug-likeness (QED) is 0.236. The second-order valence-corrected chi connectivity index (χ2v) is 7.56. The highest BCUT2D eigenvalue weighted by atomic mass is 16.6. The minimum atomic E-state index is -0.787. The SMILES string of the molecule is CCOC(=O)NC(COc1ccc(Oc2ccccc2)cc1)Oc1ccc(Oc2ccccc2)cc1. The van der Waals surface area contributed by atoms with Crippen LogP contribution in [-0.4, -0.2) is 25.5 Å². The van der Waals surface area contributed by atoms with Crippen LogP contribution in [0.5, 0.6) is 34.5 Å². The van der Waals surface area contributed by atoms with Crippen LogP contribution in [0.25, 0.3) is 0 Å². The molecular formula is C29H27NO6. The predicted molar refractivity (Wildman–Crippen MR) is 136 cm³/mol. The molecule has 0 saturated heterocycles. The van der Waals surface area contributed by atoms with Crippen LogP contribution in [0, 0.1) is 0 Å². The van der Waals surface area contributed by atoms with E-state index in [2.05, 4.69) is 5.32 Å². The molecule has 0 aromatic heterocycles. The molecule has 0 aliphatic heterocycles. The van der Waals surface area contributed by atoms with Crippen molar-refractivity contribution >= 4 is 6.09 Å². The van der Waals surface area contributed by atoms with E-state index in [0.717, 1.165) is 11.5 Å². The van der Waals surface area contributed by atoms with E-state index < -0.39 is 12.3 Å². The Morgan fingerprint density at radius 1 is 0.639 bits per heavy atom. The van der Waals surface area contributed by atoms with Crippen LogP contribution >= 0.6 is 0 Å². The summed E-state index contributed by atoms with van der Waals surface area (Å²) in [5, 5.41) is 2.67. The highest BCUT2D eigenvalue weighted by Crippen LogP contribution is 2.25. The highest BCUT2D eigenvalue weighted by Gasteiger charge is 2.16. The van der Waals surface area contributed by atoms with Crippen molar-refractivity contribution in [2.75, 3.05) is 13.2 Å². The zero-order chi connectivity index (χ0) is 25.0. The van der Waals surface area contributed by atoms with Crippen LogP contribution in [0.2, 0.25) is 0 Å². The number of carbonyl (C=O) groups is 1. The first-order valence-corrected chi connectivity index (χ1v) is 11.6. The molecular weight excluding hydrogens is 458 g/mol. The summed E-state index contributed by atoms with van der Waals surface area (Å²) in [4.78, 5) is 12.0. The van der Waals surface area contributed by atoms with Crippen molar-refractivity contribution in [3.8, 4) is 34.5 Å². The molecule has 4 rings (SSSR count). The number of hydrogen-bond donors (Lipinski definition) is 1. The summed E-state index contributed by atoms with van der Waals surface area (Å²) >= 11 is 0. The lowest BCUT2D eigenvalue weighted by Gasteiger charge is -2.21. The second-order valence-electron chi connectivity index (χ2n) is 7.56. The number of ether oxygens (including phenoxy) is 5. The average Bonchev–Trinajstić information content (AvgIpc) is 2.90. The number of benzene rings is 4. The zero-order valence-corrected chi connectivity index (χ0v) is 19.8. The van der Waals surface area contributed by atoms with Crippen molar-refractivity contribution in [3.63, 3.8) is 0 Å². The van der Waals surface area contributed by atoms with Crippen LogP contribution in [0.1, 0.15) is 6.92 Å². The molecule has 1 atom stereocenters. The first-order chi connectivity index (χ1) is 17.7. The van der Waals surface area contributed by atoms with Gasteiger partial charge in [-0.1, -0.05) is 36.4 Å². The molecule has 0 saturated carbocycles. The standard InChI is InChI=1S/C29H27NO6/c1-2-32-29(31)30-28(36-27-19-17-26(18-20-27)35-24-11-7-4-8-12-24)21-33-22-13-15-25(16-14-22)34-23-9-5-3-6-10-23/h3-20,28H,2,21H2,1H3,(H,30,31). The van der Waals surface area contributed by atoms with Crippen molar-refractivity contribution in [3.05, 3.63) is 109 Å². The Labute approximate surface area is 210 Å². The highest BCUT2D eigenvalue weighted by molar-refractivity contribution is 5.67. The summed E-state index contributed by atoms with van der Waals surface area (Å²) in [6.45, 7) is 2.03. The van der Waals surface area contributed by atoms with Crippen molar-refractivity contribution in [2.24, 2.45) is 0 Å². The maximum absolute atomic E-state index is 12.0. The van der Waals surface area contributed by atoms with E-state index in [1.54, 1.807) is 43.3 Å². The lowest BCUT2D eigenvalue weighted by atomic mass is 10.3. The van der Waals surface area contributed by atoms with Gasteiger partial charge in [0.25, 0.3) is 0 Å². The molecule has 7 nitrogen and oxygen atoms in total. The van der Waals surface area contributed by atoms with E-state index in [1.165, 1.54) is 0 Å². The maximum atomic E-state index is 12.0. The Bertz CT molecular complexity index is 1200. The monoisotopic (exact) mass is 485 g/mol. The van der Waals surface area contributed by atoms with Gasteiger partial charge in [-0.05, 0) is 79.7 Å². The molecule has 4 aromatic rings. The van der Waals surface area contributed by atoms with Gasteiger partial charge in [-0.3, -0.25) is 5.32 Å². The topological polar surface area (TPSA) is 75.3 Å². The van der Waals surface area contributed by atoms with Crippen LogP contribution in [0.3, 0.4) is 0 Å². The van der Waals surface area contributed by atoms with Crippen molar-refractivity contribution < 1.29 is 28.5 Å². The summed E-state index contributed by atoms with van der Waals surface area (Å²) in [6.07, 6.45) is -1.38. The minimum Gasteiger partial charge on any atom is -0.488 e. The molecule has 184 valence electrons. The van der Waals surface area contributed by atoms with Crippen molar-refractivity contribution in [2.45, 2.75) is 13.2 Å². The molecule has 1 amide bonds. The minimum absolute atomic E-state index is 0.0555. The Morgan fingerprint density at radius 2 is 1.08 bits per heavy atom. The summed E-state index contributed by atoms with van der Waals surface area (Å²) in [5.41, 5.74) is 0. The van der Waals surface area contributed by atoms with Gasteiger partial charge in [-0.2, -0.15) is 0 Å². The van der Waals surface area contributed by atoms with Gasteiger partial charge in [0.1, 0.15) is 41.1 Å². The van der Waals surface area contributed by atoms with Gasteiger partial charge in [0.05, 0.1) is 6.61 Å². The number of para-hydroxylation sites is 2. The van der Waals surface area contributed by atoms with E-state index in [1.807, 2.05) is 72.8 Å². The number of hydrogen-bond acceptors (Lipinski definition) is 6. The van der Waals surface area contributed by atoms with Crippen LogP contribution in [0.15, 0.2) is 109 Å². The van der Waals surface area contributed by atoms with E-state index in [-0.39, 0.29) is 13.2 Å². The van der Waals surface area contributed by atoms with E-state index in [9.17, 15) is 4.79 Å². The molecule has 0 fully saturated rings. The fourth-order valence-corrected chi connectivity index (χ4v) is 3.18. The van der Waals surface area contributed by atoms with E-state index in [0.29, 0.717) is 23.0 Å². The van der Waals surface area contributed by atoms with Gasteiger partial charge < -0.3 is 23.7 Å². The van der Waals surface area contributed by atoms with Gasteiger partial charge >= 0.3 is 6.09 Å². The number of alkyl carbamates (subject to hydrolysis) is 1. The molecule has 0 aliphatic rings. The molecule has 4 aromatic carbocycles. The maximum Gasteiger partial charge on any atom is 0.410 e. The molecule has 0 radical (unpaired) electrons. The molecule has 1 unspecified atom stereocenters. The van der Waals surface area contributed by atoms with Crippen LogP contribution in [-0.2, 0) is 4.74 Å². The molecule has 7 heteroatoms. The van der Waals surface area contributed by atoms with Gasteiger partial charge in [-0.25, -0.2) is 4.79 Å². The Hall–Kier alpha value is -4.65. The Balaban J connectivity index is 1.35. The lowest BCUT2D eigenvalue weighted by molar-refractivity contribution is 0.0825. The third-order valence-electron chi connectivity index (χ3n) is 4.84. The van der Waals surface area contributed by atoms with Crippen LogP contribution in [0.4, 0.5) is 4.79 Å². The van der Waals surface area contributed by atoms with Crippen molar-refractivity contribution in [1.29, 1.82) is 0 Å². The first-order valence-electron chi connectivity index (χ1n) is 11.6. The van der Waals surface area contributed by atoms with Gasteiger partial charge in [0.15, 0.2) is 0 Å².